The summed E-state index contributed by atoms with van der Waals surface area (Å²) in [6.45, 7) is 8.28. The van der Waals surface area contributed by atoms with Crippen molar-refractivity contribution in [3.63, 3.8) is 0 Å². The van der Waals surface area contributed by atoms with Crippen LogP contribution < -0.4 is 14.8 Å². The van der Waals surface area contributed by atoms with E-state index in [1.54, 1.807) is 4.52 Å². The van der Waals surface area contributed by atoms with Crippen LogP contribution in [0.15, 0.2) is 24.4 Å². The monoisotopic (exact) mass is 366 g/mol. The molecule has 1 amide bonds. The van der Waals surface area contributed by atoms with Gasteiger partial charge in [0.1, 0.15) is 23.2 Å². The molecular weight excluding hydrogens is 344 g/mol. The van der Waals surface area contributed by atoms with Crippen molar-refractivity contribution in [3.05, 3.63) is 46.9 Å². The predicted octanol–water partition coefficient (Wildman–Crippen LogP) is 3.32. The van der Waals surface area contributed by atoms with E-state index >= 15 is 0 Å². The Bertz CT molecular complexity index is 1040. The van der Waals surface area contributed by atoms with E-state index in [1.165, 1.54) is 6.20 Å². The number of aryl methyl sites for hydroxylation is 2. The molecule has 0 radical (unpaired) electrons. The van der Waals surface area contributed by atoms with Crippen LogP contribution in [0.3, 0.4) is 0 Å². The number of hydrogen-bond acceptors (Lipinski definition) is 5. The molecule has 1 aromatic carbocycles. The van der Waals surface area contributed by atoms with Crippen LogP contribution in [0.5, 0.6) is 11.5 Å². The topological polar surface area (TPSA) is 77.8 Å². The van der Waals surface area contributed by atoms with Crippen LogP contribution >= 0.6 is 0 Å². The third-order valence-corrected chi connectivity index (χ3v) is 4.57. The standard InChI is InChI=1S/C20H22N4O3/c1-5-26-18-8-14-7-13(4)27-17(14)9-16(18)23-20(25)15-10-21-24-12(3)6-11(2)22-19(15)24/h6,8-10,13H,5,7H2,1-4H3,(H,23,25)/t13-/m1/s1. The van der Waals surface area contributed by atoms with Crippen molar-refractivity contribution in [3.8, 4) is 11.5 Å². The second kappa shape index (κ2) is 6.57. The zero-order valence-corrected chi connectivity index (χ0v) is 15.9. The van der Waals surface area contributed by atoms with Crippen LogP contribution in [-0.4, -0.2) is 33.2 Å². The van der Waals surface area contributed by atoms with Gasteiger partial charge in [0.25, 0.3) is 5.91 Å². The molecule has 0 saturated heterocycles. The molecule has 3 heterocycles. The van der Waals surface area contributed by atoms with Crippen LogP contribution in [0.1, 0.15) is 41.2 Å². The highest BCUT2D eigenvalue weighted by molar-refractivity contribution is 6.08. The highest BCUT2D eigenvalue weighted by Gasteiger charge is 2.24. The van der Waals surface area contributed by atoms with Crippen molar-refractivity contribution in [1.82, 2.24) is 14.6 Å². The first-order valence-electron chi connectivity index (χ1n) is 9.06. The van der Waals surface area contributed by atoms with E-state index in [0.717, 1.165) is 29.1 Å². The second-order valence-corrected chi connectivity index (χ2v) is 6.81. The van der Waals surface area contributed by atoms with E-state index in [1.807, 2.05) is 45.9 Å². The van der Waals surface area contributed by atoms with Crippen molar-refractivity contribution < 1.29 is 14.3 Å². The number of carbonyl (C=O) groups is 1. The van der Waals surface area contributed by atoms with Gasteiger partial charge in [0.15, 0.2) is 5.65 Å². The number of rotatable bonds is 4. The molecule has 140 valence electrons. The highest BCUT2D eigenvalue weighted by atomic mass is 16.5. The molecule has 0 saturated carbocycles. The number of anilines is 1. The molecule has 0 bridgehead atoms. The zero-order valence-electron chi connectivity index (χ0n) is 15.9. The summed E-state index contributed by atoms with van der Waals surface area (Å²) in [6, 6.07) is 5.70. The molecule has 1 atom stereocenters. The maximum atomic E-state index is 12.9. The summed E-state index contributed by atoms with van der Waals surface area (Å²) in [5.41, 5.74) is 4.38. The minimum Gasteiger partial charge on any atom is -0.492 e. The van der Waals surface area contributed by atoms with Gasteiger partial charge in [0.05, 0.1) is 18.5 Å². The fraction of sp³-hybridized carbons (Fsp3) is 0.350. The van der Waals surface area contributed by atoms with E-state index in [0.29, 0.717) is 29.3 Å². The molecule has 0 fully saturated rings. The van der Waals surface area contributed by atoms with Gasteiger partial charge in [0.2, 0.25) is 0 Å². The summed E-state index contributed by atoms with van der Waals surface area (Å²) < 4.78 is 13.2. The summed E-state index contributed by atoms with van der Waals surface area (Å²) in [5, 5.41) is 7.22. The average molecular weight is 366 g/mol. The van der Waals surface area contributed by atoms with Crippen LogP contribution in [0.2, 0.25) is 0 Å². The van der Waals surface area contributed by atoms with Crippen LogP contribution in [-0.2, 0) is 6.42 Å². The zero-order chi connectivity index (χ0) is 19.1. The molecule has 1 aliphatic heterocycles. The third-order valence-electron chi connectivity index (χ3n) is 4.57. The number of benzene rings is 1. The number of fused-ring (bicyclic) bond motifs is 2. The lowest BCUT2D eigenvalue weighted by Crippen LogP contribution is -2.13. The van der Waals surface area contributed by atoms with Gasteiger partial charge in [-0.25, -0.2) is 9.50 Å². The number of aromatic nitrogens is 3. The quantitative estimate of drug-likeness (QED) is 0.766. The molecule has 1 N–H and O–H groups in total. The van der Waals surface area contributed by atoms with Gasteiger partial charge >= 0.3 is 0 Å². The lowest BCUT2D eigenvalue weighted by atomic mass is 10.1. The summed E-state index contributed by atoms with van der Waals surface area (Å²) in [4.78, 5) is 17.4. The van der Waals surface area contributed by atoms with E-state index in [9.17, 15) is 4.79 Å². The Balaban J connectivity index is 1.70. The number of nitrogens with one attached hydrogen (secondary N) is 1. The Morgan fingerprint density at radius 3 is 2.96 bits per heavy atom. The van der Waals surface area contributed by atoms with Crippen LogP contribution in [0, 0.1) is 13.8 Å². The molecule has 2 aromatic heterocycles. The van der Waals surface area contributed by atoms with Crippen molar-refractivity contribution in [2.24, 2.45) is 0 Å². The van der Waals surface area contributed by atoms with Gasteiger partial charge in [-0.1, -0.05) is 0 Å². The molecule has 0 aliphatic carbocycles. The highest BCUT2D eigenvalue weighted by Crippen LogP contribution is 2.38. The van der Waals surface area contributed by atoms with E-state index in [4.69, 9.17) is 9.47 Å². The SMILES string of the molecule is CCOc1cc2c(cc1NC(=O)c1cnn3c(C)cc(C)nc13)O[C@H](C)C2. The van der Waals surface area contributed by atoms with Crippen LogP contribution in [0.4, 0.5) is 5.69 Å². The predicted molar refractivity (Wildman–Crippen MR) is 102 cm³/mol. The maximum absolute atomic E-state index is 12.9. The first-order valence-corrected chi connectivity index (χ1v) is 9.06. The summed E-state index contributed by atoms with van der Waals surface area (Å²) >= 11 is 0. The molecule has 27 heavy (non-hydrogen) atoms. The second-order valence-electron chi connectivity index (χ2n) is 6.81. The van der Waals surface area contributed by atoms with E-state index < -0.39 is 0 Å². The molecule has 7 nitrogen and oxygen atoms in total. The lowest BCUT2D eigenvalue weighted by Gasteiger charge is -2.13. The van der Waals surface area contributed by atoms with Gasteiger partial charge < -0.3 is 14.8 Å². The van der Waals surface area contributed by atoms with Gasteiger partial charge in [-0.2, -0.15) is 5.10 Å². The summed E-state index contributed by atoms with van der Waals surface area (Å²) in [5.74, 6) is 1.14. The number of hydrogen-bond donors (Lipinski definition) is 1. The number of carbonyl (C=O) groups excluding carboxylic acids is 1. The minimum atomic E-state index is -0.283. The number of amides is 1. The van der Waals surface area contributed by atoms with E-state index in [2.05, 4.69) is 15.4 Å². The molecule has 0 spiro atoms. The first-order chi connectivity index (χ1) is 13.0. The average Bonchev–Trinajstić information content (AvgIpc) is 3.17. The fourth-order valence-corrected chi connectivity index (χ4v) is 3.43. The lowest BCUT2D eigenvalue weighted by molar-refractivity contribution is 0.102. The molecule has 4 rings (SSSR count). The largest absolute Gasteiger partial charge is 0.492 e. The first kappa shape index (κ1) is 17.3. The maximum Gasteiger partial charge on any atom is 0.261 e. The van der Waals surface area contributed by atoms with Crippen molar-refractivity contribution >= 4 is 17.2 Å². The van der Waals surface area contributed by atoms with Gasteiger partial charge in [-0.15, -0.1) is 0 Å². The fourth-order valence-electron chi connectivity index (χ4n) is 3.43. The van der Waals surface area contributed by atoms with Crippen molar-refractivity contribution in [2.75, 3.05) is 11.9 Å². The summed E-state index contributed by atoms with van der Waals surface area (Å²) in [6.07, 6.45) is 2.49. The Kier molecular flexibility index (Phi) is 4.22. The minimum absolute atomic E-state index is 0.121. The Morgan fingerprint density at radius 1 is 1.37 bits per heavy atom. The van der Waals surface area contributed by atoms with Crippen molar-refractivity contribution in [1.29, 1.82) is 0 Å². The van der Waals surface area contributed by atoms with E-state index in [-0.39, 0.29) is 12.0 Å². The van der Waals surface area contributed by atoms with Gasteiger partial charge in [-0.3, -0.25) is 4.79 Å². The molecular formula is C20H22N4O3. The Labute approximate surface area is 157 Å². The molecule has 0 unspecified atom stereocenters. The van der Waals surface area contributed by atoms with Crippen molar-refractivity contribution in [2.45, 2.75) is 40.2 Å². The summed E-state index contributed by atoms with van der Waals surface area (Å²) in [7, 11) is 0. The van der Waals surface area contributed by atoms with Crippen LogP contribution in [0.25, 0.3) is 5.65 Å². The smallest absolute Gasteiger partial charge is 0.261 e. The number of nitrogens with zero attached hydrogens (tertiary/aromatic N) is 3. The third kappa shape index (κ3) is 3.09. The molecule has 3 aromatic rings. The Morgan fingerprint density at radius 2 is 2.19 bits per heavy atom. The normalized spacial score (nSPS) is 15.5. The number of ether oxygens (including phenoxy) is 2. The molecule has 7 heteroatoms. The van der Waals surface area contributed by atoms with Gasteiger partial charge in [-0.05, 0) is 39.8 Å². The van der Waals surface area contributed by atoms with Gasteiger partial charge in [0, 0.05) is 29.4 Å². The Hall–Kier alpha value is -3.09. The molecule has 1 aliphatic rings.